The van der Waals surface area contributed by atoms with Crippen molar-refractivity contribution in [3.63, 3.8) is 0 Å². The van der Waals surface area contributed by atoms with E-state index in [4.69, 9.17) is 5.41 Å². The summed E-state index contributed by atoms with van der Waals surface area (Å²) in [6.45, 7) is 2.39. The fourth-order valence-corrected chi connectivity index (χ4v) is 3.96. The number of piperidine rings is 1. The van der Waals surface area contributed by atoms with E-state index in [0.717, 1.165) is 16.7 Å². The van der Waals surface area contributed by atoms with Gasteiger partial charge in [0.25, 0.3) is 11.8 Å². The van der Waals surface area contributed by atoms with E-state index < -0.39 is 54.3 Å². The number of carbonyl (C=O) groups is 1. The average molecular weight is 511 g/mol. The molecule has 3 rings (SSSR count). The molecule has 1 saturated heterocycles. The smallest absolute Gasteiger partial charge is 0.393 e. The van der Waals surface area contributed by atoms with Crippen LogP contribution in [0.2, 0.25) is 0 Å². The molecule has 3 N–H and O–H groups in total. The maximum atomic E-state index is 14.5. The molecule has 1 aliphatic rings. The second-order valence-corrected chi connectivity index (χ2v) is 8.65. The zero-order valence-corrected chi connectivity index (χ0v) is 19.8. The van der Waals surface area contributed by atoms with Crippen LogP contribution in [0.3, 0.4) is 0 Å². The second kappa shape index (κ2) is 10.5. The van der Waals surface area contributed by atoms with Crippen molar-refractivity contribution < 1.29 is 26.7 Å². The lowest BCUT2D eigenvalue weighted by atomic mass is 9.87. The van der Waals surface area contributed by atoms with Gasteiger partial charge < -0.3 is 15.5 Å². The Morgan fingerprint density at radius 3 is 2.50 bits per heavy atom. The Balaban J connectivity index is 1.84. The highest BCUT2D eigenvalue weighted by Crippen LogP contribution is 2.35. The van der Waals surface area contributed by atoms with Gasteiger partial charge in [-0.25, -0.2) is 18.7 Å². The minimum absolute atomic E-state index is 0.00497. The van der Waals surface area contributed by atoms with Crippen LogP contribution in [0.5, 0.6) is 0 Å². The van der Waals surface area contributed by atoms with E-state index in [0.29, 0.717) is 11.9 Å². The molecular weight excluding hydrogens is 485 g/mol. The molecule has 2 aromatic rings. The summed E-state index contributed by atoms with van der Waals surface area (Å²) < 4.78 is 67.2. The summed E-state index contributed by atoms with van der Waals surface area (Å²) in [5.41, 5.74) is -0.380. The number of aryl methyl sites for hydroxylation is 1. The van der Waals surface area contributed by atoms with Crippen LogP contribution < -0.4 is 10.6 Å². The standard InChI is InChI=1S/C23H26F5N7O/c1-13-4-5-16(31-7-13)15(8-30-3)20(29)21(36)35-12-22(24,25)6-14(2)17(35)9-33-19-11-32-18(10-34-19)23(26,27)28/h4-5,7-8,10-11,14,17,29-30H,6,9,12H2,1-3H3,(H,33,34)/b15-8-,29-20?/t14-,17?/m1/s1. The van der Waals surface area contributed by atoms with Crippen molar-refractivity contribution >= 4 is 23.0 Å². The number of carbonyl (C=O) groups excluding carboxylic acids is 1. The summed E-state index contributed by atoms with van der Waals surface area (Å²) in [4.78, 5) is 25.5. The number of rotatable bonds is 7. The van der Waals surface area contributed by atoms with Crippen molar-refractivity contribution in [2.24, 2.45) is 5.92 Å². The third-order valence-electron chi connectivity index (χ3n) is 5.73. The van der Waals surface area contributed by atoms with Crippen LogP contribution in [0, 0.1) is 18.3 Å². The monoisotopic (exact) mass is 511 g/mol. The number of hydrogen-bond acceptors (Lipinski definition) is 7. The molecule has 2 aromatic heterocycles. The van der Waals surface area contributed by atoms with Crippen molar-refractivity contribution in [3.05, 3.63) is 53.9 Å². The summed E-state index contributed by atoms with van der Waals surface area (Å²) in [6, 6.07) is 2.58. The van der Waals surface area contributed by atoms with Crippen LogP contribution in [0.25, 0.3) is 5.57 Å². The number of pyridine rings is 1. The van der Waals surface area contributed by atoms with Gasteiger partial charge >= 0.3 is 6.18 Å². The maximum Gasteiger partial charge on any atom is 0.434 e. The van der Waals surface area contributed by atoms with Crippen molar-refractivity contribution in [2.75, 3.05) is 25.5 Å². The van der Waals surface area contributed by atoms with Crippen LogP contribution in [0.15, 0.2) is 36.9 Å². The Hall–Kier alpha value is -3.64. The van der Waals surface area contributed by atoms with E-state index in [1.54, 1.807) is 32.3 Å². The molecule has 0 radical (unpaired) electrons. The number of halogens is 5. The minimum atomic E-state index is -4.65. The molecular formula is C23H26F5N7O. The van der Waals surface area contributed by atoms with Crippen LogP contribution in [-0.4, -0.2) is 63.6 Å². The first-order chi connectivity index (χ1) is 16.8. The lowest BCUT2D eigenvalue weighted by molar-refractivity contribution is -0.145. The first kappa shape index (κ1) is 27.0. The molecule has 1 aliphatic heterocycles. The molecule has 194 valence electrons. The van der Waals surface area contributed by atoms with Crippen LogP contribution in [0.4, 0.5) is 27.8 Å². The Labute approximate surface area is 204 Å². The molecule has 3 heterocycles. The zero-order valence-electron chi connectivity index (χ0n) is 19.8. The van der Waals surface area contributed by atoms with Crippen molar-refractivity contribution in [2.45, 2.75) is 38.4 Å². The summed E-state index contributed by atoms with van der Waals surface area (Å²) in [5, 5.41) is 14.0. The predicted octanol–water partition coefficient (Wildman–Crippen LogP) is 3.76. The van der Waals surface area contributed by atoms with Gasteiger partial charge in [-0.1, -0.05) is 13.0 Å². The van der Waals surface area contributed by atoms with E-state index in [-0.39, 0.29) is 17.9 Å². The molecule has 0 saturated carbocycles. The number of anilines is 1. The van der Waals surface area contributed by atoms with Gasteiger partial charge in [0, 0.05) is 38.0 Å². The number of likely N-dealkylation sites (tertiary alicyclic amines) is 1. The van der Waals surface area contributed by atoms with Crippen molar-refractivity contribution in [1.29, 1.82) is 5.41 Å². The maximum absolute atomic E-state index is 14.5. The SMILES string of the molecule is CN/C=C(\C(=N)C(=O)N1CC(F)(F)C[C@@H](C)C1CNc1cnc(C(F)(F)F)cn1)c1ccc(C)cn1. The molecule has 1 unspecified atom stereocenters. The molecule has 0 bridgehead atoms. The van der Waals surface area contributed by atoms with E-state index in [1.807, 2.05) is 6.92 Å². The molecule has 0 aliphatic carbocycles. The highest BCUT2D eigenvalue weighted by molar-refractivity contribution is 6.54. The number of hydrogen-bond donors (Lipinski definition) is 3. The molecule has 0 spiro atoms. The molecule has 13 heteroatoms. The van der Waals surface area contributed by atoms with Gasteiger partial charge in [0.2, 0.25) is 0 Å². The summed E-state index contributed by atoms with van der Waals surface area (Å²) in [7, 11) is 1.57. The third kappa shape index (κ3) is 6.32. The zero-order chi connectivity index (χ0) is 26.7. The third-order valence-corrected chi connectivity index (χ3v) is 5.73. The second-order valence-electron chi connectivity index (χ2n) is 8.65. The van der Waals surface area contributed by atoms with E-state index in [2.05, 4.69) is 25.6 Å². The normalized spacial score (nSPS) is 20.1. The Morgan fingerprint density at radius 2 is 1.94 bits per heavy atom. The molecule has 2 atom stereocenters. The molecule has 1 amide bonds. The average Bonchev–Trinajstić information content (AvgIpc) is 2.80. The summed E-state index contributed by atoms with van der Waals surface area (Å²) >= 11 is 0. The summed E-state index contributed by atoms with van der Waals surface area (Å²) in [5.74, 6) is -4.78. The lowest BCUT2D eigenvalue weighted by Crippen LogP contribution is -2.58. The molecule has 36 heavy (non-hydrogen) atoms. The first-order valence-corrected chi connectivity index (χ1v) is 11.0. The first-order valence-electron chi connectivity index (χ1n) is 11.0. The van der Waals surface area contributed by atoms with E-state index in [1.165, 1.54) is 6.20 Å². The van der Waals surface area contributed by atoms with Crippen molar-refractivity contribution in [3.8, 4) is 0 Å². The van der Waals surface area contributed by atoms with Crippen molar-refractivity contribution in [1.82, 2.24) is 25.2 Å². The Morgan fingerprint density at radius 1 is 1.22 bits per heavy atom. The fourth-order valence-electron chi connectivity index (χ4n) is 3.96. The number of nitrogens with zero attached hydrogens (tertiary/aromatic N) is 4. The topological polar surface area (TPSA) is 107 Å². The fraction of sp³-hybridized carbons (Fsp3) is 0.435. The number of alkyl halides is 5. The number of aromatic nitrogens is 3. The number of nitrogens with one attached hydrogen (secondary N) is 3. The van der Waals surface area contributed by atoms with Gasteiger partial charge in [-0.05, 0) is 24.5 Å². The Kier molecular flexibility index (Phi) is 7.89. The van der Waals surface area contributed by atoms with E-state index >= 15 is 0 Å². The quantitative estimate of drug-likeness (QED) is 0.386. The molecule has 8 nitrogen and oxygen atoms in total. The Bertz CT molecular complexity index is 1120. The van der Waals surface area contributed by atoms with E-state index in [9.17, 15) is 26.7 Å². The van der Waals surface area contributed by atoms with Crippen LogP contribution >= 0.6 is 0 Å². The van der Waals surface area contributed by atoms with Gasteiger partial charge in [0.15, 0.2) is 5.69 Å². The highest BCUT2D eigenvalue weighted by Gasteiger charge is 2.47. The minimum Gasteiger partial charge on any atom is -0.393 e. The van der Waals surface area contributed by atoms with Gasteiger partial charge in [0.05, 0.1) is 30.7 Å². The largest absolute Gasteiger partial charge is 0.434 e. The number of amides is 1. The van der Waals surface area contributed by atoms with Crippen LogP contribution in [-0.2, 0) is 11.0 Å². The van der Waals surface area contributed by atoms with Gasteiger partial charge in [-0.2, -0.15) is 13.2 Å². The van der Waals surface area contributed by atoms with Crippen LogP contribution in [0.1, 0.15) is 30.3 Å². The molecule has 0 aromatic carbocycles. The van der Waals surface area contributed by atoms with Gasteiger partial charge in [-0.15, -0.1) is 0 Å². The highest BCUT2D eigenvalue weighted by atomic mass is 19.4. The van der Waals surface area contributed by atoms with Gasteiger partial charge in [-0.3, -0.25) is 15.2 Å². The molecule has 1 fully saturated rings. The predicted molar refractivity (Wildman–Crippen MR) is 123 cm³/mol. The lowest BCUT2D eigenvalue weighted by Gasteiger charge is -2.43. The summed E-state index contributed by atoms with van der Waals surface area (Å²) in [6.07, 6.45) is -0.740. The van der Waals surface area contributed by atoms with Gasteiger partial charge in [0.1, 0.15) is 11.5 Å².